The van der Waals surface area contributed by atoms with E-state index in [0.29, 0.717) is 0 Å². The predicted molar refractivity (Wildman–Crippen MR) is 75.6 cm³/mol. The number of rotatable bonds is 4. The average molecular weight is 316 g/mol. The molecule has 0 aromatic heterocycles. The van der Waals surface area contributed by atoms with Gasteiger partial charge in [-0.2, -0.15) is 0 Å². The fraction of sp³-hybridized carbons (Fsp3) is 0.857. The van der Waals surface area contributed by atoms with E-state index in [1.807, 2.05) is 0 Å². The summed E-state index contributed by atoms with van der Waals surface area (Å²) in [5.74, 6) is -0.682. The molecule has 3 amide bonds. The quantitative estimate of drug-likeness (QED) is 0.530. The minimum absolute atomic E-state index is 0.00739. The van der Waals surface area contributed by atoms with Crippen LogP contribution in [0.2, 0.25) is 0 Å². The summed E-state index contributed by atoms with van der Waals surface area (Å²) in [6.07, 6.45) is -3.14. The van der Waals surface area contributed by atoms with Gasteiger partial charge in [-0.15, -0.1) is 0 Å². The summed E-state index contributed by atoms with van der Waals surface area (Å²) in [6, 6.07) is -0.616. The molecule has 0 aromatic carbocycles. The van der Waals surface area contributed by atoms with Gasteiger partial charge in [0.05, 0.1) is 24.2 Å². The lowest BCUT2D eigenvalue weighted by atomic mass is 9.76. The highest BCUT2D eigenvalue weighted by molar-refractivity contribution is 6.00. The van der Waals surface area contributed by atoms with Gasteiger partial charge < -0.3 is 20.1 Å². The van der Waals surface area contributed by atoms with Gasteiger partial charge in [0.2, 0.25) is 5.91 Å². The lowest BCUT2D eigenvalue weighted by Gasteiger charge is -2.44. The zero-order valence-corrected chi connectivity index (χ0v) is 13.0. The molecule has 5 atom stereocenters. The van der Waals surface area contributed by atoms with Crippen LogP contribution in [0.15, 0.2) is 0 Å². The van der Waals surface area contributed by atoms with Crippen molar-refractivity contribution in [2.24, 2.45) is 11.3 Å². The van der Waals surface area contributed by atoms with Crippen molar-refractivity contribution in [3.05, 3.63) is 0 Å². The Morgan fingerprint density at radius 1 is 1.45 bits per heavy atom. The molecule has 0 spiro atoms. The average Bonchev–Trinajstić information content (AvgIpc) is 2.82. The number of nitrogens with zero attached hydrogens (tertiary/aromatic N) is 1. The van der Waals surface area contributed by atoms with Crippen LogP contribution in [0.5, 0.6) is 0 Å². The summed E-state index contributed by atoms with van der Waals surface area (Å²) < 4.78 is 5.47. The normalized spacial score (nSPS) is 37.6. The molecule has 0 radical (unpaired) electrons. The molecular weight excluding hydrogens is 292 g/mol. The second kappa shape index (κ2) is 6.11. The lowest BCUT2D eigenvalue weighted by molar-refractivity contribution is -0.148. The standard InChI is InChI=1S/C14H24N2O6/c1-7(2)11(19)14(3)6-16(13(21)15-12(14)20)10-4-8(18)9(5-17)22-10/h7-11,17-19H,4-6H2,1-3H3,(H,15,20,21)/t8-,9+,10+,11?,14?/m0/s1. The molecule has 2 saturated heterocycles. The SMILES string of the molecule is CC(C)C(O)C1(C)CN([C@H]2C[C@H](O)[C@@H](CO)O2)C(=O)NC1=O. The maximum Gasteiger partial charge on any atom is 0.326 e. The number of amides is 3. The van der Waals surface area contributed by atoms with Crippen molar-refractivity contribution >= 4 is 11.9 Å². The molecule has 2 unspecified atom stereocenters. The molecule has 2 fully saturated rings. The molecule has 2 aliphatic rings. The van der Waals surface area contributed by atoms with Gasteiger partial charge in [0.1, 0.15) is 12.3 Å². The Balaban J connectivity index is 2.19. The van der Waals surface area contributed by atoms with Crippen LogP contribution < -0.4 is 5.32 Å². The summed E-state index contributed by atoms with van der Waals surface area (Å²) in [6.45, 7) is 4.83. The van der Waals surface area contributed by atoms with E-state index in [1.165, 1.54) is 4.90 Å². The molecule has 2 rings (SSSR count). The Bertz CT molecular complexity index is 457. The molecule has 0 bridgehead atoms. The van der Waals surface area contributed by atoms with Crippen molar-refractivity contribution < 1.29 is 29.6 Å². The summed E-state index contributed by atoms with van der Waals surface area (Å²) in [5.41, 5.74) is -1.16. The van der Waals surface area contributed by atoms with Gasteiger partial charge in [0.15, 0.2) is 0 Å². The van der Waals surface area contributed by atoms with Gasteiger partial charge >= 0.3 is 6.03 Å². The first-order valence-corrected chi connectivity index (χ1v) is 7.45. The number of nitrogens with one attached hydrogen (secondary N) is 1. The Morgan fingerprint density at radius 2 is 2.09 bits per heavy atom. The monoisotopic (exact) mass is 316 g/mol. The molecule has 0 saturated carbocycles. The number of aliphatic hydroxyl groups excluding tert-OH is 3. The van der Waals surface area contributed by atoms with E-state index in [-0.39, 0.29) is 25.5 Å². The first-order chi connectivity index (χ1) is 10.2. The maximum atomic E-state index is 12.2. The number of hydrogen-bond acceptors (Lipinski definition) is 6. The van der Waals surface area contributed by atoms with Crippen LogP contribution in [-0.2, 0) is 9.53 Å². The van der Waals surface area contributed by atoms with Gasteiger partial charge in [0, 0.05) is 13.0 Å². The Kier molecular flexibility index (Phi) is 4.76. The number of hydrogen-bond donors (Lipinski definition) is 4. The number of ether oxygens (including phenoxy) is 1. The third-order valence-electron chi connectivity index (χ3n) is 4.51. The van der Waals surface area contributed by atoms with Crippen LogP contribution in [0.25, 0.3) is 0 Å². The Hall–Kier alpha value is -1.22. The molecule has 0 aliphatic carbocycles. The first-order valence-electron chi connectivity index (χ1n) is 7.45. The molecule has 8 heteroatoms. The third kappa shape index (κ3) is 2.83. The summed E-state index contributed by atoms with van der Waals surface area (Å²) in [7, 11) is 0. The Labute approximate surface area is 129 Å². The number of urea groups is 1. The number of aliphatic hydroxyl groups is 3. The van der Waals surface area contributed by atoms with Gasteiger partial charge in [-0.05, 0) is 12.8 Å². The van der Waals surface area contributed by atoms with Crippen LogP contribution >= 0.6 is 0 Å². The smallest absolute Gasteiger partial charge is 0.326 e. The van der Waals surface area contributed by atoms with E-state index in [4.69, 9.17) is 9.84 Å². The lowest BCUT2D eigenvalue weighted by Crippen LogP contribution is -2.65. The minimum Gasteiger partial charge on any atom is -0.394 e. The van der Waals surface area contributed by atoms with Crippen LogP contribution in [0.3, 0.4) is 0 Å². The number of imide groups is 1. The fourth-order valence-corrected chi connectivity index (χ4v) is 3.08. The first kappa shape index (κ1) is 17.1. The highest BCUT2D eigenvalue weighted by Gasteiger charge is 2.51. The minimum atomic E-state index is -1.16. The number of carbonyl (C=O) groups excluding carboxylic acids is 2. The predicted octanol–water partition coefficient (Wildman–Crippen LogP) is -0.970. The second-order valence-corrected chi connectivity index (χ2v) is 6.61. The van der Waals surface area contributed by atoms with Crippen LogP contribution in [-0.4, -0.2) is 69.8 Å². The van der Waals surface area contributed by atoms with E-state index in [9.17, 15) is 19.8 Å². The third-order valence-corrected chi connectivity index (χ3v) is 4.51. The summed E-state index contributed by atoms with van der Waals surface area (Å²) in [4.78, 5) is 25.5. The maximum absolute atomic E-state index is 12.2. The Morgan fingerprint density at radius 3 is 2.59 bits per heavy atom. The summed E-state index contributed by atoms with van der Waals surface area (Å²) >= 11 is 0. The van der Waals surface area contributed by atoms with Crippen molar-refractivity contribution in [2.75, 3.05) is 13.2 Å². The molecule has 4 N–H and O–H groups in total. The molecule has 0 aromatic rings. The van der Waals surface area contributed by atoms with Gasteiger partial charge in [0.25, 0.3) is 0 Å². The molecule has 2 heterocycles. The van der Waals surface area contributed by atoms with Crippen molar-refractivity contribution in [3.63, 3.8) is 0 Å². The molecular formula is C14H24N2O6. The van der Waals surface area contributed by atoms with Crippen molar-refractivity contribution in [3.8, 4) is 0 Å². The topological polar surface area (TPSA) is 119 Å². The molecule has 8 nitrogen and oxygen atoms in total. The zero-order valence-electron chi connectivity index (χ0n) is 13.0. The van der Waals surface area contributed by atoms with E-state index >= 15 is 0 Å². The molecule has 2 aliphatic heterocycles. The van der Waals surface area contributed by atoms with Crippen molar-refractivity contribution in [1.29, 1.82) is 0 Å². The van der Waals surface area contributed by atoms with E-state index in [1.54, 1.807) is 20.8 Å². The molecule has 22 heavy (non-hydrogen) atoms. The highest BCUT2D eigenvalue weighted by Crippen LogP contribution is 2.34. The summed E-state index contributed by atoms with van der Waals surface area (Å²) in [5, 5.41) is 31.5. The van der Waals surface area contributed by atoms with Crippen LogP contribution in [0.4, 0.5) is 4.79 Å². The zero-order chi connectivity index (χ0) is 16.7. The van der Waals surface area contributed by atoms with Gasteiger partial charge in [-0.3, -0.25) is 15.0 Å². The molecule has 126 valence electrons. The fourth-order valence-electron chi connectivity index (χ4n) is 3.08. The van der Waals surface area contributed by atoms with Crippen LogP contribution in [0, 0.1) is 11.3 Å². The largest absolute Gasteiger partial charge is 0.394 e. The van der Waals surface area contributed by atoms with Crippen molar-refractivity contribution in [1.82, 2.24) is 10.2 Å². The number of carbonyl (C=O) groups is 2. The van der Waals surface area contributed by atoms with E-state index in [0.717, 1.165) is 0 Å². The second-order valence-electron chi connectivity index (χ2n) is 6.61. The van der Waals surface area contributed by atoms with Gasteiger partial charge in [-0.1, -0.05) is 13.8 Å². The highest BCUT2D eigenvalue weighted by atomic mass is 16.5. The van der Waals surface area contributed by atoms with Gasteiger partial charge in [-0.25, -0.2) is 4.79 Å². The van der Waals surface area contributed by atoms with E-state index in [2.05, 4.69) is 5.32 Å². The van der Waals surface area contributed by atoms with E-state index < -0.39 is 41.9 Å². The van der Waals surface area contributed by atoms with Crippen molar-refractivity contribution in [2.45, 2.75) is 51.7 Å². The van der Waals surface area contributed by atoms with Crippen LogP contribution in [0.1, 0.15) is 27.2 Å².